The average molecular weight is 204 g/mol. The van der Waals surface area contributed by atoms with E-state index in [0.717, 1.165) is 0 Å². The van der Waals surface area contributed by atoms with Crippen LogP contribution in [0.4, 0.5) is 0 Å². The van der Waals surface area contributed by atoms with Crippen LogP contribution >= 0.6 is 0 Å². The molecule has 1 heterocycles. The topological polar surface area (TPSA) is 86.2 Å². The molecule has 2 aromatic rings. The Hall–Kier alpha value is -2.17. The van der Waals surface area contributed by atoms with Crippen molar-refractivity contribution in [3.63, 3.8) is 0 Å². The third-order valence-corrected chi connectivity index (χ3v) is 2.18. The molecule has 0 radical (unpaired) electrons. The minimum atomic E-state index is -0.537. The summed E-state index contributed by atoms with van der Waals surface area (Å²) in [6.45, 7) is 1.69. The lowest BCUT2D eigenvalue weighted by molar-refractivity contribution is 0.100. The summed E-state index contributed by atoms with van der Waals surface area (Å²) in [5, 5.41) is 4.55. The first-order chi connectivity index (χ1) is 7.09. The zero-order valence-corrected chi connectivity index (χ0v) is 7.98. The van der Waals surface area contributed by atoms with Crippen molar-refractivity contribution in [3.05, 3.63) is 39.9 Å². The molecule has 0 saturated carbocycles. The van der Waals surface area contributed by atoms with Crippen molar-refractivity contribution in [2.45, 2.75) is 6.92 Å². The Labute approximate surface area is 84.5 Å². The van der Waals surface area contributed by atoms with Gasteiger partial charge in [0.1, 0.15) is 0 Å². The molecule has 1 aromatic carbocycles. The summed E-state index contributed by atoms with van der Waals surface area (Å²) in [6.07, 6.45) is 0. The second-order valence-corrected chi connectivity index (χ2v) is 3.18. The third kappa shape index (κ3) is 1.48. The van der Waals surface area contributed by atoms with Gasteiger partial charge >= 0.3 is 5.63 Å². The molecule has 0 aliphatic rings. The summed E-state index contributed by atoms with van der Waals surface area (Å²) in [7, 11) is 0. The fourth-order valence-corrected chi connectivity index (χ4v) is 1.38. The Balaban J connectivity index is 2.87. The van der Waals surface area contributed by atoms with Gasteiger partial charge in [0.05, 0.1) is 11.1 Å². The third-order valence-electron chi connectivity index (χ3n) is 2.18. The Bertz CT molecular complexity index is 601. The number of primary amides is 1. The molecule has 0 unspecified atom stereocenters. The van der Waals surface area contributed by atoms with E-state index in [-0.39, 0.29) is 0 Å². The van der Waals surface area contributed by atoms with Crippen LogP contribution in [0.5, 0.6) is 0 Å². The first-order valence-corrected chi connectivity index (χ1v) is 4.30. The lowest BCUT2D eigenvalue weighted by Crippen LogP contribution is -2.11. The monoisotopic (exact) mass is 204 g/mol. The average Bonchev–Trinajstić information content (AvgIpc) is 2.23. The van der Waals surface area contributed by atoms with Crippen molar-refractivity contribution < 1.29 is 9.32 Å². The highest BCUT2D eigenvalue weighted by molar-refractivity contribution is 5.97. The van der Waals surface area contributed by atoms with Gasteiger partial charge in [0.15, 0.2) is 0 Å². The summed E-state index contributed by atoms with van der Waals surface area (Å²) in [6, 6.07) is 4.54. The Kier molecular flexibility index (Phi) is 2.00. The second-order valence-electron chi connectivity index (χ2n) is 3.18. The van der Waals surface area contributed by atoms with E-state index < -0.39 is 11.5 Å². The molecule has 0 atom stereocenters. The summed E-state index contributed by atoms with van der Waals surface area (Å²) in [5.74, 6) is -0.537. The normalized spacial score (nSPS) is 10.5. The molecule has 0 bridgehead atoms. The number of benzene rings is 1. The predicted octanol–water partition coefficient (Wildman–Crippen LogP) is 0.595. The number of carbonyl (C=O) groups is 1. The molecule has 2 N–H and O–H groups in total. The van der Waals surface area contributed by atoms with Crippen molar-refractivity contribution in [2.75, 3.05) is 0 Å². The number of aryl methyl sites for hydroxylation is 1. The summed E-state index contributed by atoms with van der Waals surface area (Å²) in [5.41, 5.74) is 5.50. The fourth-order valence-electron chi connectivity index (χ4n) is 1.38. The molecule has 1 aromatic heterocycles. The number of carbonyl (C=O) groups excluding carboxylic acids is 1. The molecular formula is C10H8N2O3. The maximum absolute atomic E-state index is 11.3. The van der Waals surface area contributed by atoms with Gasteiger partial charge in [-0.2, -0.15) is 0 Å². The number of aromatic nitrogens is 1. The highest BCUT2D eigenvalue weighted by Crippen LogP contribution is 2.14. The second kappa shape index (κ2) is 3.20. The number of nitrogens with zero attached hydrogens (tertiary/aromatic N) is 1. The summed E-state index contributed by atoms with van der Waals surface area (Å²) >= 11 is 0. The van der Waals surface area contributed by atoms with Gasteiger partial charge in [-0.25, -0.2) is 4.79 Å². The van der Waals surface area contributed by atoms with E-state index >= 15 is 0 Å². The minimum absolute atomic E-state index is 0.345. The minimum Gasteiger partial charge on any atom is -0.366 e. The Morgan fingerprint density at radius 3 is 2.80 bits per heavy atom. The van der Waals surface area contributed by atoms with Crippen LogP contribution in [0.15, 0.2) is 27.5 Å². The lowest BCUT2D eigenvalue weighted by Gasteiger charge is -2.00. The number of hydrogen-bond donors (Lipinski definition) is 1. The highest BCUT2D eigenvalue weighted by atomic mass is 16.5. The van der Waals surface area contributed by atoms with Crippen molar-refractivity contribution in [3.8, 4) is 0 Å². The maximum Gasteiger partial charge on any atom is 0.366 e. The van der Waals surface area contributed by atoms with Gasteiger partial charge in [-0.05, 0) is 25.1 Å². The van der Waals surface area contributed by atoms with Crippen molar-refractivity contribution in [1.82, 2.24) is 5.16 Å². The first kappa shape index (κ1) is 9.39. The molecule has 5 heteroatoms. The quantitative estimate of drug-likeness (QED) is 0.736. The van der Waals surface area contributed by atoms with E-state index in [0.29, 0.717) is 22.0 Å². The molecule has 1 amide bonds. The molecule has 0 saturated heterocycles. The SMILES string of the molecule is Cc1noc(=O)c2ccc(C(N)=O)cc12. The van der Waals surface area contributed by atoms with Gasteiger partial charge in [-0.3, -0.25) is 4.79 Å². The zero-order valence-electron chi connectivity index (χ0n) is 7.98. The van der Waals surface area contributed by atoms with Gasteiger partial charge in [0, 0.05) is 10.9 Å². The van der Waals surface area contributed by atoms with Gasteiger partial charge < -0.3 is 10.3 Å². The van der Waals surface area contributed by atoms with E-state index in [4.69, 9.17) is 5.73 Å². The van der Waals surface area contributed by atoms with Crippen LogP contribution < -0.4 is 11.4 Å². The van der Waals surface area contributed by atoms with E-state index in [1.54, 1.807) is 6.92 Å². The van der Waals surface area contributed by atoms with Gasteiger partial charge in [0.2, 0.25) is 5.91 Å². The standard InChI is InChI=1S/C10H8N2O3/c1-5-8-4-6(9(11)13)2-3-7(8)10(14)15-12-5/h2-4H,1H3,(H2,11,13). The number of rotatable bonds is 1. The van der Waals surface area contributed by atoms with Gasteiger partial charge in [-0.15, -0.1) is 0 Å². The van der Waals surface area contributed by atoms with Crippen LogP contribution in [-0.4, -0.2) is 11.1 Å². The number of hydrogen-bond acceptors (Lipinski definition) is 4. The first-order valence-electron chi connectivity index (χ1n) is 4.30. The largest absolute Gasteiger partial charge is 0.366 e. The smallest absolute Gasteiger partial charge is 0.366 e. The molecule has 0 fully saturated rings. The van der Waals surface area contributed by atoms with E-state index in [9.17, 15) is 9.59 Å². The van der Waals surface area contributed by atoms with Crippen LogP contribution in [0.25, 0.3) is 10.8 Å². The maximum atomic E-state index is 11.3. The molecular weight excluding hydrogens is 196 g/mol. The lowest BCUT2D eigenvalue weighted by atomic mass is 10.1. The van der Waals surface area contributed by atoms with Crippen LogP contribution in [0.1, 0.15) is 16.1 Å². The van der Waals surface area contributed by atoms with Crippen LogP contribution in [0.3, 0.4) is 0 Å². The zero-order chi connectivity index (χ0) is 11.0. The number of nitrogens with two attached hydrogens (primary N) is 1. The van der Waals surface area contributed by atoms with E-state index in [1.165, 1.54) is 18.2 Å². The van der Waals surface area contributed by atoms with Crippen molar-refractivity contribution >= 4 is 16.7 Å². The molecule has 0 spiro atoms. The molecule has 2 rings (SSSR count). The molecule has 76 valence electrons. The molecule has 0 aliphatic carbocycles. The summed E-state index contributed by atoms with van der Waals surface area (Å²) < 4.78 is 4.55. The number of fused-ring (bicyclic) bond motifs is 1. The van der Waals surface area contributed by atoms with Crippen LogP contribution in [0.2, 0.25) is 0 Å². The highest BCUT2D eigenvalue weighted by Gasteiger charge is 2.07. The predicted molar refractivity (Wildman–Crippen MR) is 53.5 cm³/mol. The fraction of sp³-hybridized carbons (Fsp3) is 0.100. The van der Waals surface area contributed by atoms with E-state index in [1.807, 2.05) is 0 Å². The van der Waals surface area contributed by atoms with Gasteiger partial charge in [-0.1, -0.05) is 5.16 Å². The van der Waals surface area contributed by atoms with E-state index in [2.05, 4.69) is 9.68 Å². The Morgan fingerprint density at radius 2 is 2.13 bits per heavy atom. The van der Waals surface area contributed by atoms with Crippen molar-refractivity contribution in [1.29, 1.82) is 0 Å². The summed E-state index contributed by atoms with van der Waals surface area (Å²) in [4.78, 5) is 22.2. The van der Waals surface area contributed by atoms with Crippen LogP contribution in [-0.2, 0) is 0 Å². The van der Waals surface area contributed by atoms with Gasteiger partial charge in [0.25, 0.3) is 0 Å². The van der Waals surface area contributed by atoms with Crippen LogP contribution in [0, 0.1) is 6.92 Å². The molecule has 0 aliphatic heterocycles. The number of amides is 1. The molecule has 5 nitrogen and oxygen atoms in total. The Morgan fingerprint density at radius 1 is 1.40 bits per heavy atom. The molecule has 15 heavy (non-hydrogen) atoms. The van der Waals surface area contributed by atoms with Crippen molar-refractivity contribution in [2.24, 2.45) is 5.73 Å².